The number of nitriles is 1. The van der Waals surface area contributed by atoms with Crippen molar-refractivity contribution in [2.75, 3.05) is 43.4 Å². The molecule has 0 bridgehead atoms. The number of hydrogen-bond acceptors (Lipinski definition) is 7. The number of piperazine rings is 1. The Kier molecular flexibility index (Phi) is 7.07. The van der Waals surface area contributed by atoms with Crippen molar-refractivity contribution in [3.05, 3.63) is 71.7 Å². The third-order valence-electron chi connectivity index (χ3n) is 7.34. The SMILES string of the molecule is CC(=O)N1c2ccc(-c3ccc(C(=O)N4CCN(C)CC4)nc3)cc2C(Nc2ccc(C#N)cn2)CC1C. The molecule has 2 aromatic heterocycles. The molecule has 1 fully saturated rings. The Morgan fingerprint density at radius 3 is 2.39 bits per heavy atom. The van der Waals surface area contributed by atoms with E-state index < -0.39 is 0 Å². The van der Waals surface area contributed by atoms with Gasteiger partial charge in [-0.3, -0.25) is 14.6 Å². The number of nitrogens with zero attached hydrogens (tertiary/aromatic N) is 6. The van der Waals surface area contributed by atoms with Crippen LogP contribution in [0.2, 0.25) is 0 Å². The van der Waals surface area contributed by atoms with Crippen LogP contribution in [0.5, 0.6) is 0 Å². The van der Waals surface area contributed by atoms with Crippen molar-refractivity contribution in [2.24, 2.45) is 0 Å². The maximum Gasteiger partial charge on any atom is 0.272 e. The zero-order valence-corrected chi connectivity index (χ0v) is 21.9. The number of fused-ring (bicyclic) bond motifs is 1. The van der Waals surface area contributed by atoms with Crippen LogP contribution in [0.4, 0.5) is 11.5 Å². The largest absolute Gasteiger partial charge is 0.363 e. The first-order chi connectivity index (χ1) is 18.3. The number of nitrogens with one attached hydrogen (secondary N) is 1. The van der Waals surface area contributed by atoms with E-state index >= 15 is 0 Å². The van der Waals surface area contributed by atoms with Gasteiger partial charge < -0.3 is 20.0 Å². The molecule has 0 saturated carbocycles. The van der Waals surface area contributed by atoms with Gasteiger partial charge in [-0.25, -0.2) is 4.98 Å². The Morgan fingerprint density at radius 2 is 1.76 bits per heavy atom. The molecule has 2 amide bonds. The third kappa shape index (κ3) is 5.08. The lowest BCUT2D eigenvalue weighted by Gasteiger charge is -2.39. The number of anilines is 2. The highest BCUT2D eigenvalue weighted by molar-refractivity contribution is 5.95. The van der Waals surface area contributed by atoms with Crippen LogP contribution >= 0.6 is 0 Å². The third-order valence-corrected chi connectivity index (χ3v) is 7.34. The minimum Gasteiger partial charge on any atom is -0.363 e. The van der Waals surface area contributed by atoms with Gasteiger partial charge in [-0.2, -0.15) is 5.26 Å². The van der Waals surface area contributed by atoms with Crippen molar-refractivity contribution < 1.29 is 9.59 Å². The standard InChI is InChI=1S/C29H31N7O2/c1-19-14-26(33-28-9-4-21(16-30)17-32-28)24-15-22(6-8-27(24)36(19)20(2)37)23-5-7-25(31-18-23)29(38)35-12-10-34(3)11-13-35/h4-9,15,17-19,26H,10-14H2,1-3H3,(H,32,33). The number of carbonyl (C=O) groups excluding carboxylic acids is 2. The highest BCUT2D eigenvalue weighted by Gasteiger charge is 2.33. The molecular weight excluding hydrogens is 478 g/mol. The van der Waals surface area contributed by atoms with E-state index in [1.54, 1.807) is 37.5 Å². The number of pyridine rings is 2. The molecule has 38 heavy (non-hydrogen) atoms. The van der Waals surface area contributed by atoms with Gasteiger partial charge in [0, 0.05) is 62.8 Å². The van der Waals surface area contributed by atoms with Crippen LogP contribution in [-0.4, -0.2) is 70.9 Å². The predicted molar refractivity (Wildman–Crippen MR) is 146 cm³/mol. The lowest BCUT2D eigenvalue weighted by Crippen LogP contribution is -2.47. The highest BCUT2D eigenvalue weighted by Crippen LogP contribution is 2.41. The number of carbonyl (C=O) groups is 2. The molecule has 2 aliphatic heterocycles. The molecule has 9 nitrogen and oxygen atoms in total. The number of aromatic nitrogens is 2. The van der Waals surface area contributed by atoms with Gasteiger partial charge in [0.25, 0.3) is 5.91 Å². The van der Waals surface area contributed by atoms with Crippen LogP contribution in [0.1, 0.15) is 47.9 Å². The van der Waals surface area contributed by atoms with Crippen molar-refractivity contribution in [3.63, 3.8) is 0 Å². The number of amides is 2. The van der Waals surface area contributed by atoms with Crippen LogP contribution in [0.25, 0.3) is 11.1 Å². The average Bonchev–Trinajstić information content (AvgIpc) is 2.93. The molecule has 2 unspecified atom stereocenters. The lowest BCUT2D eigenvalue weighted by atomic mass is 9.89. The topological polar surface area (TPSA) is 105 Å². The van der Waals surface area contributed by atoms with Crippen LogP contribution in [0.15, 0.2) is 54.9 Å². The summed E-state index contributed by atoms with van der Waals surface area (Å²) in [5.41, 5.74) is 4.64. The molecule has 3 aromatic rings. The molecule has 2 atom stereocenters. The van der Waals surface area contributed by atoms with Crippen molar-refractivity contribution in [1.29, 1.82) is 5.26 Å². The van der Waals surface area contributed by atoms with E-state index in [-0.39, 0.29) is 23.9 Å². The van der Waals surface area contributed by atoms with Crippen LogP contribution in [0.3, 0.4) is 0 Å². The highest BCUT2D eigenvalue weighted by atomic mass is 16.2. The van der Waals surface area contributed by atoms with Crippen LogP contribution < -0.4 is 10.2 Å². The maximum atomic E-state index is 12.9. The van der Waals surface area contributed by atoms with Crippen molar-refractivity contribution >= 4 is 23.3 Å². The van der Waals surface area contributed by atoms with E-state index in [1.165, 1.54) is 0 Å². The molecule has 194 valence electrons. The van der Waals surface area contributed by atoms with Gasteiger partial charge in [-0.05, 0) is 61.9 Å². The molecule has 1 saturated heterocycles. The van der Waals surface area contributed by atoms with E-state index in [0.717, 1.165) is 35.5 Å². The number of likely N-dealkylation sites (N-methyl/N-ethyl adjacent to an activating group) is 1. The van der Waals surface area contributed by atoms with Crippen molar-refractivity contribution in [3.8, 4) is 17.2 Å². The van der Waals surface area contributed by atoms with Crippen LogP contribution in [-0.2, 0) is 4.79 Å². The Morgan fingerprint density at radius 1 is 1.00 bits per heavy atom. The van der Waals surface area contributed by atoms with Gasteiger partial charge in [0.2, 0.25) is 5.91 Å². The van der Waals surface area contributed by atoms with Gasteiger partial charge >= 0.3 is 0 Å². The predicted octanol–water partition coefficient (Wildman–Crippen LogP) is 3.70. The molecule has 1 aromatic carbocycles. The first-order valence-corrected chi connectivity index (χ1v) is 12.8. The smallest absolute Gasteiger partial charge is 0.272 e. The summed E-state index contributed by atoms with van der Waals surface area (Å²) in [6.07, 6.45) is 3.99. The van der Waals surface area contributed by atoms with E-state index in [1.807, 2.05) is 34.9 Å². The second-order valence-electron chi connectivity index (χ2n) is 10.0. The summed E-state index contributed by atoms with van der Waals surface area (Å²) in [5, 5.41) is 12.6. The number of hydrogen-bond donors (Lipinski definition) is 1. The molecule has 9 heteroatoms. The first kappa shape index (κ1) is 25.4. The number of benzene rings is 1. The van der Waals surface area contributed by atoms with Crippen molar-refractivity contribution in [2.45, 2.75) is 32.4 Å². The average molecular weight is 510 g/mol. The summed E-state index contributed by atoms with van der Waals surface area (Å²) < 4.78 is 0. The molecular formula is C29H31N7O2. The summed E-state index contributed by atoms with van der Waals surface area (Å²) in [6.45, 7) is 6.77. The summed E-state index contributed by atoms with van der Waals surface area (Å²) in [5.74, 6) is 0.623. The van der Waals surface area contributed by atoms with E-state index in [2.05, 4.69) is 39.4 Å². The molecule has 4 heterocycles. The normalized spacial score (nSPS) is 19.4. The van der Waals surface area contributed by atoms with Gasteiger partial charge in [-0.15, -0.1) is 0 Å². The van der Waals surface area contributed by atoms with E-state index in [9.17, 15) is 9.59 Å². The molecule has 1 N–H and O–H groups in total. The van der Waals surface area contributed by atoms with Crippen LogP contribution in [0, 0.1) is 11.3 Å². The number of rotatable bonds is 4. The fraction of sp³-hybridized carbons (Fsp3) is 0.345. The van der Waals surface area contributed by atoms with Crippen molar-refractivity contribution in [1.82, 2.24) is 19.8 Å². The lowest BCUT2D eigenvalue weighted by molar-refractivity contribution is -0.117. The van der Waals surface area contributed by atoms with E-state index in [4.69, 9.17) is 5.26 Å². The molecule has 5 rings (SSSR count). The van der Waals surface area contributed by atoms with Gasteiger partial charge in [-0.1, -0.05) is 12.1 Å². The second kappa shape index (κ2) is 10.6. The summed E-state index contributed by atoms with van der Waals surface area (Å²) in [7, 11) is 2.06. The summed E-state index contributed by atoms with van der Waals surface area (Å²) in [4.78, 5) is 40.2. The molecule has 0 aliphatic carbocycles. The second-order valence-corrected chi connectivity index (χ2v) is 10.0. The Labute approximate surface area is 222 Å². The first-order valence-electron chi connectivity index (χ1n) is 12.8. The Bertz CT molecular complexity index is 1370. The monoisotopic (exact) mass is 509 g/mol. The molecule has 0 spiro atoms. The molecule has 2 aliphatic rings. The quantitative estimate of drug-likeness (QED) is 0.572. The fourth-order valence-electron chi connectivity index (χ4n) is 5.25. The summed E-state index contributed by atoms with van der Waals surface area (Å²) >= 11 is 0. The van der Waals surface area contributed by atoms with Gasteiger partial charge in [0.15, 0.2) is 0 Å². The zero-order chi connectivity index (χ0) is 26.8. The minimum atomic E-state index is -0.0815. The van der Waals surface area contributed by atoms with Gasteiger partial charge in [0.1, 0.15) is 17.6 Å². The zero-order valence-electron chi connectivity index (χ0n) is 21.9. The minimum absolute atomic E-state index is 0.00303. The maximum absolute atomic E-state index is 12.9. The van der Waals surface area contributed by atoms with Gasteiger partial charge in [0.05, 0.1) is 11.6 Å². The Hall–Kier alpha value is -4.29. The molecule has 0 radical (unpaired) electrons. The summed E-state index contributed by atoms with van der Waals surface area (Å²) in [6, 6.07) is 15.3. The fourth-order valence-corrected chi connectivity index (χ4v) is 5.25. The van der Waals surface area contributed by atoms with E-state index in [0.29, 0.717) is 36.6 Å². The Balaban J connectivity index is 1.43.